The standard InChI is InChI=1S/C16H22O/c1-4-13-5-7-14(8-6-13)10-15-9-12(2)16(11-15)17-3/h5-8,11-12,16H,4,9-10H2,1-3H3. The normalized spacial score (nSPS) is 23.8. The van der Waals surface area contributed by atoms with Gasteiger partial charge in [-0.1, -0.05) is 49.8 Å². The molecule has 0 aliphatic heterocycles. The number of hydrogen-bond acceptors (Lipinski definition) is 1. The minimum absolute atomic E-state index is 0.319. The molecule has 1 aromatic rings. The Morgan fingerprint density at radius 2 is 1.82 bits per heavy atom. The summed E-state index contributed by atoms with van der Waals surface area (Å²) in [6.07, 6.45) is 5.99. The largest absolute Gasteiger partial charge is 0.377 e. The van der Waals surface area contributed by atoms with Gasteiger partial charge in [-0.3, -0.25) is 0 Å². The lowest BCUT2D eigenvalue weighted by Gasteiger charge is -2.11. The van der Waals surface area contributed by atoms with Crippen molar-refractivity contribution in [1.82, 2.24) is 0 Å². The van der Waals surface area contributed by atoms with E-state index in [-0.39, 0.29) is 0 Å². The molecule has 0 saturated carbocycles. The van der Waals surface area contributed by atoms with Crippen molar-refractivity contribution in [3.8, 4) is 0 Å². The van der Waals surface area contributed by atoms with Crippen molar-refractivity contribution in [1.29, 1.82) is 0 Å². The zero-order chi connectivity index (χ0) is 12.3. The molecule has 1 heteroatoms. The smallest absolute Gasteiger partial charge is 0.0783 e. The van der Waals surface area contributed by atoms with Gasteiger partial charge in [0, 0.05) is 7.11 Å². The average molecular weight is 230 g/mol. The summed E-state index contributed by atoms with van der Waals surface area (Å²) in [6, 6.07) is 8.99. The SMILES string of the molecule is CCc1ccc(CC2=CC(OC)C(C)C2)cc1. The summed E-state index contributed by atoms with van der Waals surface area (Å²) in [5, 5.41) is 0. The van der Waals surface area contributed by atoms with Crippen molar-refractivity contribution in [3.63, 3.8) is 0 Å². The van der Waals surface area contributed by atoms with Gasteiger partial charge in [-0.05, 0) is 36.3 Å². The van der Waals surface area contributed by atoms with E-state index in [0.29, 0.717) is 12.0 Å². The van der Waals surface area contributed by atoms with Crippen LogP contribution in [-0.4, -0.2) is 13.2 Å². The minimum atomic E-state index is 0.319. The van der Waals surface area contributed by atoms with Gasteiger partial charge >= 0.3 is 0 Å². The summed E-state index contributed by atoms with van der Waals surface area (Å²) in [6.45, 7) is 4.46. The fourth-order valence-electron chi connectivity index (χ4n) is 2.58. The van der Waals surface area contributed by atoms with Gasteiger partial charge in [0.2, 0.25) is 0 Å². The summed E-state index contributed by atoms with van der Waals surface area (Å²) in [7, 11) is 1.80. The summed E-state index contributed by atoms with van der Waals surface area (Å²) in [5.41, 5.74) is 4.35. The van der Waals surface area contributed by atoms with E-state index in [1.54, 1.807) is 7.11 Å². The average Bonchev–Trinajstić information content (AvgIpc) is 2.70. The zero-order valence-electron chi connectivity index (χ0n) is 11.1. The van der Waals surface area contributed by atoms with Crippen LogP contribution < -0.4 is 0 Å². The lowest BCUT2D eigenvalue weighted by Crippen LogP contribution is -2.12. The van der Waals surface area contributed by atoms with E-state index in [0.717, 1.165) is 12.8 Å². The third-order valence-corrected chi connectivity index (χ3v) is 3.68. The van der Waals surface area contributed by atoms with E-state index >= 15 is 0 Å². The maximum absolute atomic E-state index is 5.45. The third-order valence-electron chi connectivity index (χ3n) is 3.68. The van der Waals surface area contributed by atoms with Crippen molar-refractivity contribution < 1.29 is 4.74 Å². The molecule has 2 unspecified atom stereocenters. The van der Waals surface area contributed by atoms with Gasteiger partial charge in [-0.25, -0.2) is 0 Å². The van der Waals surface area contributed by atoms with Crippen LogP contribution in [-0.2, 0) is 17.6 Å². The Kier molecular flexibility index (Phi) is 4.01. The first-order chi connectivity index (χ1) is 8.22. The molecule has 0 amide bonds. The molecule has 1 nitrogen and oxygen atoms in total. The van der Waals surface area contributed by atoms with E-state index in [1.807, 2.05) is 0 Å². The van der Waals surface area contributed by atoms with Crippen LogP contribution >= 0.6 is 0 Å². The first-order valence-electron chi connectivity index (χ1n) is 6.53. The number of hydrogen-bond donors (Lipinski definition) is 0. The molecule has 0 fully saturated rings. The van der Waals surface area contributed by atoms with Crippen LogP contribution in [0, 0.1) is 5.92 Å². The van der Waals surface area contributed by atoms with Crippen LogP contribution in [0.2, 0.25) is 0 Å². The maximum atomic E-state index is 5.45. The molecule has 92 valence electrons. The molecule has 0 spiro atoms. The van der Waals surface area contributed by atoms with Crippen molar-refractivity contribution in [3.05, 3.63) is 47.0 Å². The second-order valence-electron chi connectivity index (χ2n) is 5.05. The van der Waals surface area contributed by atoms with Crippen molar-refractivity contribution in [2.24, 2.45) is 5.92 Å². The highest BCUT2D eigenvalue weighted by Crippen LogP contribution is 2.29. The molecule has 2 atom stereocenters. The predicted molar refractivity (Wildman–Crippen MR) is 72.2 cm³/mol. The van der Waals surface area contributed by atoms with E-state index in [9.17, 15) is 0 Å². The molecule has 0 N–H and O–H groups in total. The van der Waals surface area contributed by atoms with E-state index in [4.69, 9.17) is 4.74 Å². The minimum Gasteiger partial charge on any atom is -0.377 e. The molecule has 17 heavy (non-hydrogen) atoms. The first kappa shape index (κ1) is 12.4. The molecular formula is C16H22O. The number of allylic oxidation sites excluding steroid dienone is 1. The first-order valence-corrected chi connectivity index (χ1v) is 6.53. The Morgan fingerprint density at radius 1 is 1.18 bits per heavy atom. The highest BCUT2D eigenvalue weighted by Gasteiger charge is 2.23. The van der Waals surface area contributed by atoms with Gasteiger partial charge in [-0.2, -0.15) is 0 Å². The number of benzene rings is 1. The van der Waals surface area contributed by atoms with Gasteiger partial charge < -0.3 is 4.74 Å². The highest BCUT2D eigenvalue weighted by atomic mass is 16.5. The highest BCUT2D eigenvalue weighted by molar-refractivity contribution is 5.28. The lowest BCUT2D eigenvalue weighted by molar-refractivity contribution is 0.106. The monoisotopic (exact) mass is 230 g/mol. The van der Waals surface area contributed by atoms with Gasteiger partial charge in [0.1, 0.15) is 0 Å². The van der Waals surface area contributed by atoms with Gasteiger partial charge in [0.05, 0.1) is 6.10 Å². The summed E-state index contributed by atoms with van der Waals surface area (Å²) < 4.78 is 5.45. The van der Waals surface area contributed by atoms with Crippen molar-refractivity contribution >= 4 is 0 Å². The molecule has 1 aliphatic carbocycles. The molecule has 0 radical (unpaired) electrons. The molecule has 0 heterocycles. The zero-order valence-corrected chi connectivity index (χ0v) is 11.1. The van der Waals surface area contributed by atoms with E-state index < -0.39 is 0 Å². The number of rotatable bonds is 4. The fourth-order valence-corrected chi connectivity index (χ4v) is 2.58. The van der Waals surface area contributed by atoms with Gasteiger partial charge in [-0.15, -0.1) is 0 Å². The second-order valence-corrected chi connectivity index (χ2v) is 5.05. The molecule has 1 aromatic carbocycles. The summed E-state index contributed by atoms with van der Waals surface area (Å²) in [5.74, 6) is 0.630. The van der Waals surface area contributed by atoms with Gasteiger partial charge in [0.15, 0.2) is 0 Å². The number of methoxy groups -OCH3 is 1. The van der Waals surface area contributed by atoms with Gasteiger partial charge in [0.25, 0.3) is 0 Å². The van der Waals surface area contributed by atoms with Crippen LogP contribution in [0.5, 0.6) is 0 Å². The topological polar surface area (TPSA) is 9.23 Å². The molecule has 1 aliphatic rings. The molecule has 0 saturated heterocycles. The van der Waals surface area contributed by atoms with E-state index in [2.05, 4.69) is 44.2 Å². The Bertz CT molecular complexity index is 388. The number of aryl methyl sites for hydroxylation is 1. The Labute approximate surface area is 104 Å². The number of ether oxygens (including phenoxy) is 1. The lowest BCUT2D eigenvalue weighted by atomic mass is 10.0. The maximum Gasteiger partial charge on any atom is 0.0783 e. The van der Waals surface area contributed by atoms with E-state index in [1.165, 1.54) is 23.1 Å². The fraction of sp³-hybridized carbons (Fsp3) is 0.500. The summed E-state index contributed by atoms with van der Waals surface area (Å²) in [4.78, 5) is 0. The van der Waals surface area contributed by atoms with Crippen molar-refractivity contribution in [2.75, 3.05) is 7.11 Å². The Hall–Kier alpha value is -1.08. The van der Waals surface area contributed by atoms with Crippen LogP contribution in [0.1, 0.15) is 31.4 Å². The third kappa shape index (κ3) is 2.98. The molecule has 0 aromatic heterocycles. The molecule has 2 rings (SSSR count). The van der Waals surface area contributed by atoms with Crippen LogP contribution in [0.25, 0.3) is 0 Å². The molecule has 0 bridgehead atoms. The van der Waals surface area contributed by atoms with Crippen LogP contribution in [0.4, 0.5) is 0 Å². The quantitative estimate of drug-likeness (QED) is 0.715. The predicted octanol–water partition coefficient (Wildman–Crippen LogP) is 3.77. The van der Waals surface area contributed by atoms with Crippen molar-refractivity contribution in [2.45, 2.75) is 39.2 Å². The Balaban J connectivity index is 2.01. The Morgan fingerprint density at radius 3 is 2.35 bits per heavy atom. The molecular weight excluding hydrogens is 208 g/mol. The van der Waals surface area contributed by atoms with Crippen LogP contribution in [0.15, 0.2) is 35.9 Å². The summed E-state index contributed by atoms with van der Waals surface area (Å²) >= 11 is 0. The van der Waals surface area contributed by atoms with Crippen LogP contribution in [0.3, 0.4) is 0 Å². The second kappa shape index (κ2) is 5.50.